The summed E-state index contributed by atoms with van der Waals surface area (Å²) in [5.41, 5.74) is 1.66. The summed E-state index contributed by atoms with van der Waals surface area (Å²) < 4.78 is 4.33. The zero-order valence-electron chi connectivity index (χ0n) is 7.65. The second-order valence-corrected chi connectivity index (χ2v) is 3.34. The molecule has 0 aliphatic heterocycles. The SMILES string of the molecule is CC(C)c1cccc(C(=O)OS)c1. The Morgan fingerprint density at radius 1 is 1.46 bits per heavy atom. The molecule has 70 valence electrons. The van der Waals surface area contributed by atoms with Crippen molar-refractivity contribution in [3.05, 3.63) is 35.4 Å². The maximum atomic E-state index is 11.1. The highest BCUT2D eigenvalue weighted by Gasteiger charge is 2.07. The molecule has 3 heteroatoms. The normalized spacial score (nSPS) is 10.2. The van der Waals surface area contributed by atoms with Crippen LogP contribution < -0.4 is 0 Å². The summed E-state index contributed by atoms with van der Waals surface area (Å²) in [6.07, 6.45) is 0. The Hall–Kier alpha value is -0.960. The second-order valence-electron chi connectivity index (χ2n) is 3.16. The Kier molecular flexibility index (Phi) is 3.37. The molecule has 0 unspecified atom stereocenters. The summed E-state index contributed by atoms with van der Waals surface area (Å²) in [6, 6.07) is 7.36. The van der Waals surface area contributed by atoms with Gasteiger partial charge in [-0.05, 0) is 23.6 Å². The van der Waals surface area contributed by atoms with Gasteiger partial charge in [-0.2, -0.15) is 0 Å². The summed E-state index contributed by atoms with van der Waals surface area (Å²) in [6.45, 7) is 4.15. The molecule has 0 aliphatic carbocycles. The van der Waals surface area contributed by atoms with Gasteiger partial charge in [0.05, 0.1) is 5.56 Å². The van der Waals surface area contributed by atoms with E-state index in [1.807, 2.05) is 18.2 Å². The molecule has 0 fully saturated rings. The van der Waals surface area contributed by atoms with E-state index < -0.39 is 5.97 Å². The lowest BCUT2D eigenvalue weighted by Crippen LogP contribution is -1.99. The molecule has 0 saturated carbocycles. The summed E-state index contributed by atoms with van der Waals surface area (Å²) in [7, 11) is 0. The van der Waals surface area contributed by atoms with Gasteiger partial charge in [-0.25, -0.2) is 4.79 Å². The van der Waals surface area contributed by atoms with Gasteiger partial charge in [-0.3, -0.25) is 0 Å². The molecule has 0 amide bonds. The first-order valence-corrected chi connectivity index (χ1v) is 4.47. The molecule has 0 aliphatic rings. The van der Waals surface area contributed by atoms with E-state index in [2.05, 4.69) is 30.9 Å². The molecule has 0 atom stereocenters. The van der Waals surface area contributed by atoms with Crippen LogP contribution in [0.2, 0.25) is 0 Å². The van der Waals surface area contributed by atoms with E-state index in [1.165, 1.54) is 0 Å². The van der Waals surface area contributed by atoms with Crippen LogP contribution in [0.25, 0.3) is 0 Å². The minimum absolute atomic E-state index is 0.410. The molecule has 0 radical (unpaired) electrons. The molecular formula is C10H12O2S. The first-order valence-electron chi connectivity index (χ1n) is 4.11. The Labute approximate surface area is 83.5 Å². The minimum Gasteiger partial charge on any atom is -0.391 e. The summed E-state index contributed by atoms with van der Waals surface area (Å²) in [5, 5.41) is 0. The van der Waals surface area contributed by atoms with Crippen molar-refractivity contribution in [2.45, 2.75) is 19.8 Å². The molecule has 0 aromatic heterocycles. The molecule has 1 aromatic carbocycles. The maximum Gasteiger partial charge on any atom is 0.349 e. The molecule has 1 aromatic rings. The van der Waals surface area contributed by atoms with E-state index in [0.717, 1.165) is 5.56 Å². The Bertz CT molecular complexity index is 308. The molecule has 1 rings (SSSR count). The predicted octanol–water partition coefficient (Wildman–Crippen LogP) is 2.81. The van der Waals surface area contributed by atoms with E-state index in [9.17, 15) is 4.79 Å². The molecule has 0 spiro atoms. The van der Waals surface area contributed by atoms with Crippen LogP contribution in [0.1, 0.15) is 35.7 Å². The lowest BCUT2D eigenvalue weighted by atomic mass is 10.0. The number of rotatable bonds is 2. The molecule has 0 saturated heterocycles. The van der Waals surface area contributed by atoms with Crippen LogP contribution in [0.15, 0.2) is 24.3 Å². The number of carbonyl (C=O) groups excluding carboxylic acids is 1. The zero-order valence-corrected chi connectivity index (χ0v) is 8.54. The van der Waals surface area contributed by atoms with Gasteiger partial charge in [0.2, 0.25) is 0 Å². The minimum atomic E-state index is -0.411. The number of hydrogen-bond donors (Lipinski definition) is 1. The van der Waals surface area contributed by atoms with Crippen molar-refractivity contribution in [2.75, 3.05) is 0 Å². The Morgan fingerprint density at radius 2 is 2.15 bits per heavy atom. The maximum absolute atomic E-state index is 11.1. The predicted molar refractivity (Wildman–Crippen MR) is 54.9 cm³/mol. The van der Waals surface area contributed by atoms with E-state index in [0.29, 0.717) is 11.5 Å². The van der Waals surface area contributed by atoms with Crippen LogP contribution in [0.3, 0.4) is 0 Å². The Morgan fingerprint density at radius 3 is 2.69 bits per heavy atom. The summed E-state index contributed by atoms with van der Waals surface area (Å²) >= 11 is 3.46. The standard InChI is InChI=1S/C10H12O2S/c1-7(2)8-4-3-5-9(6-8)10(11)12-13/h3-7,13H,1-2H3. The van der Waals surface area contributed by atoms with Gasteiger partial charge in [0.15, 0.2) is 0 Å². The van der Waals surface area contributed by atoms with Crippen molar-refractivity contribution in [3.63, 3.8) is 0 Å². The van der Waals surface area contributed by atoms with Crippen LogP contribution in [0.4, 0.5) is 0 Å². The van der Waals surface area contributed by atoms with Gasteiger partial charge in [0.25, 0.3) is 0 Å². The van der Waals surface area contributed by atoms with Gasteiger partial charge in [0, 0.05) is 12.9 Å². The van der Waals surface area contributed by atoms with Gasteiger partial charge in [-0.1, -0.05) is 26.0 Å². The van der Waals surface area contributed by atoms with Gasteiger partial charge in [0.1, 0.15) is 0 Å². The van der Waals surface area contributed by atoms with Gasteiger partial charge >= 0.3 is 5.97 Å². The zero-order chi connectivity index (χ0) is 9.84. The van der Waals surface area contributed by atoms with Crippen LogP contribution in [-0.4, -0.2) is 5.97 Å². The van der Waals surface area contributed by atoms with Crippen LogP contribution in [-0.2, 0) is 4.18 Å². The molecule has 13 heavy (non-hydrogen) atoms. The van der Waals surface area contributed by atoms with Crippen LogP contribution >= 0.6 is 12.9 Å². The van der Waals surface area contributed by atoms with Crippen molar-refractivity contribution < 1.29 is 8.98 Å². The van der Waals surface area contributed by atoms with Crippen molar-refractivity contribution in [1.29, 1.82) is 0 Å². The number of hydrogen-bond acceptors (Lipinski definition) is 3. The average molecular weight is 196 g/mol. The third-order valence-corrected chi connectivity index (χ3v) is 2.04. The largest absolute Gasteiger partial charge is 0.391 e. The molecule has 2 nitrogen and oxygen atoms in total. The topological polar surface area (TPSA) is 26.3 Å². The molecule has 0 bridgehead atoms. The van der Waals surface area contributed by atoms with Crippen molar-refractivity contribution in [1.82, 2.24) is 0 Å². The van der Waals surface area contributed by atoms with Gasteiger partial charge < -0.3 is 4.18 Å². The fraction of sp³-hybridized carbons (Fsp3) is 0.300. The van der Waals surface area contributed by atoms with E-state index in [1.54, 1.807) is 6.07 Å². The van der Waals surface area contributed by atoms with E-state index >= 15 is 0 Å². The van der Waals surface area contributed by atoms with Crippen molar-refractivity contribution >= 4 is 18.9 Å². The van der Waals surface area contributed by atoms with E-state index in [-0.39, 0.29) is 0 Å². The summed E-state index contributed by atoms with van der Waals surface area (Å²) in [5.74, 6) is -0.00139. The van der Waals surface area contributed by atoms with Crippen LogP contribution in [0, 0.1) is 0 Å². The highest BCUT2D eigenvalue weighted by atomic mass is 32.1. The Balaban J connectivity index is 2.98. The first-order chi connectivity index (χ1) is 6.15. The fourth-order valence-corrected chi connectivity index (χ4v) is 1.18. The third-order valence-electron chi connectivity index (χ3n) is 1.87. The lowest BCUT2D eigenvalue weighted by molar-refractivity contribution is 0.0772. The number of benzene rings is 1. The summed E-state index contributed by atoms with van der Waals surface area (Å²) in [4.78, 5) is 11.1. The highest BCUT2D eigenvalue weighted by Crippen LogP contribution is 2.16. The van der Waals surface area contributed by atoms with Crippen LogP contribution in [0.5, 0.6) is 0 Å². The number of thiol groups is 1. The fourth-order valence-electron chi connectivity index (χ4n) is 1.08. The second kappa shape index (κ2) is 4.33. The highest BCUT2D eigenvalue weighted by molar-refractivity contribution is 7.75. The van der Waals surface area contributed by atoms with Gasteiger partial charge in [-0.15, -0.1) is 0 Å². The molecule has 0 heterocycles. The van der Waals surface area contributed by atoms with E-state index in [4.69, 9.17) is 0 Å². The van der Waals surface area contributed by atoms with Crippen molar-refractivity contribution in [2.24, 2.45) is 0 Å². The molecular weight excluding hydrogens is 184 g/mol. The van der Waals surface area contributed by atoms with Crippen molar-refractivity contribution in [3.8, 4) is 0 Å². The smallest absolute Gasteiger partial charge is 0.349 e. The first kappa shape index (κ1) is 10.1. The lowest BCUT2D eigenvalue weighted by Gasteiger charge is -2.05. The monoisotopic (exact) mass is 196 g/mol. The number of carbonyl (C=O) groups is 1. The average Bonchev–Trinajstić information content (AvgIpc) is 2.17. The molecule has 0 N–H and O–H groups in total. The third kappa shape index (κ3) is 2.49. The quantitative estimate of drug-likeness (QED) is 0.581.